The van der Waals surface area contributed by atoms with E-state index in [4.69, 9.17) is 4.99 Å². The molecule has 0 spiro atoms. The highest BCUT2D eigenvalue weighted by Crippen LogP contribution is 2.36. The molecule has 33 heavy (non-hydrogen) atoms. The normalized spacial score (nSPS) is 15.9. The summed E-state index contributed by atoms with van der Waals surface area (Å²) in [6, 6.07) is 24.1. The van der Waals surface area contributed by atoms with Crippen molar-refractivity contribution in [2.75, 3.05) is 36.4 Å². The van der Waals surface area contributed by atoms with Gasteiger partial charge in [0.1, 0.15) is 5.92 Å². The first-order chi connectivity index (χ1) is 15.8. The van der Waals surface area contributed by atoms with Crippen molar-refractivity contribution in [2.45, 2.75) is 5.92 Å². The lowest BCUT2D eigenvalue weighted by Gasteiger charge is -2.14. The Hall–Kier alpha value is -3.49. The molecule has 1 aliphatic heterocycles. The van der Waals surface area contributed by atoms with Crippen LogP contribution in [0.5, 0.6) is 0 Å². The van der Waals surface area contributed by atoms with Crippen LogP contribution in [-0.4, -0.2) is 51.3 Å². The first-order valence-electron chi connectivity index (χ1n) is 10.6. The van der Waals surface area contributed by atoms with Crippen molar-refractivity contribution in [1.29, 1.82) is 0 Å². The first-order valence-corrected chi connectivity index (χ1v) is 12.3. The summed E-state index contributed by atoms with van der Waals surface area (Å²) in [5.74, 6) is -0.647. The number of fused-ring (bicyclic) bond motifs is 1. The fourth-order valence-corrected chi connectivity index (χ4v) is 4.86. The lowest BCUT2D eigenvalue weighted by molar-refractivity contribution is -0.115. The minimum absolute atomic E-state index is 0.00819. The summed E-state index contributed by atoms with van der Waals surface area (Å²) in [5, 5.41) is 2.94. The second kappa shape index (κ2) is 9.56. The van der Waals surface area contributed by atoms with E-state index in [9.17, 15) is 13.2 Å². The highest BCUT2D eigenvalue weighted by Gasteiger charge is 2.35. The van der Waals surface area contributed by atoms with Gasteiger partial charge < -0.3 is 10.2 Å². The maximum atomic E-state index is 12.9. The van der Waals surface area contributed by atoms with Crippen molar-refractivity contribution < 1.29 is 13.2 Å². The van der Waals surface area contributed by atoms with Crippen molar-refractivity contribution in [3.05, 3.63) is 90.0 Å². The number of nitrogens with zero attached hydrogens (tertiary/aromatic N) is 2. The summed E-state index contributed by atoms with van der Waals surface area (Å²) >= 11 is 0. The molecule has 7 nitrogen and oxygen atoms in total. The third kappa shape index (κ3) is 5.47. The van der Waals surface area contributed by atoms with E-state index in [0.29, 0.717) is 23.6 Å². The molecule has 3 aromatic carbocycles. The summed E-state index contributed by atoms with van der Waals surface area (Å²) in [7, 11) is 0.215. The number of benzene rings is 3. The number of sulfonamides is 1. The van der Waals surface area contributed by atoms with Crippen LogP contribution in [0.2, 0.25) is 0 Å². The highest BCUT2D eigenvalue weighted by atomic mass is 32.2. The smallest absolute Gasteiger partial charge is 0.238 e. The number of hydrogen-bond acceptors (Lipinski definition) is 5. The van der Waals surface area contributed by atoms with Crippen LogP contribution >= 0.6 is 0 Å². The Balaban J connectivity index is 1.65. The minimum atomic E-state index is -3.44. The summed E-state index contributed by atoms with van der Waals surface area (Å²) in [4.78, 5) is 19.5. The zero-order chi connectivity index (χ0) is 23.4. The van der Waals surface area contributed by atoms with Crippen molar-refractivity contribution in [1.82, 2.24) is 4.90 Å². The third-order valence-corrected chi connectivity index (χ3v) is 6.60. The predicted molar refractivity (Wildman–Crippen MR) is 133 cm³/mol. The number of anilines is 2. The second-order valence-electron chi connectivity index (χ2n) is 8.14. The van der Waals surface area contributed by atoms with Crippen LogP contribution in [0.4, 0.5) is 17.1 Å². The van der Waals surface area contributed by atoms with E-state index in [1.807, 2.05) is 73.6 Å². The number of para-hydroxylation sites is 1. The van der Waals surface area contributed by atoms with Gasteiger partial charge in [-0.15, -0.1) is 0 Å². The number of amides is 1. The molecule has 1 aliphatic rings. The molecule has 3 aromatic rings. The number of rotatable bonds is 8. The molecule has 0 aromatic heterocycles. The Bertz CT molecular complexity index is 1270. The Morgan fingerprint density at radius 1 is 0.970 bits per heavy atom. The molecule has 0 saturated heterocycles. The van der Waals surface area contributed by atoms with Gasteiger partial charge in [0.25, 0.3) is 0 Å². The Labute approximate surface area is 194 Å². The van der Waals surface area contributed by atoms with E-state index in [2.05, 4.69) is 10.0 Å². The van der Waals surface area contributed by atoms with Crippen LogP contribution < -0.4 is 10.0 Å². The SMILES string of the molecule is CN(C)CCS(=O)(=O)Nc1ccc(N=C(c2ccccc2)C2C(=O)Nc3ccccc32)cc1. The summed E-state index contributed by atoms with van der Waals surface area (Å²) in [6.45, 7) is 0.434. The number of carbonyl (C=O) groups excluding carboxylic acids is 1. The van der Waals surface area contributed by atoms with E-state index < -0.39 is 15.9 Å². The van der Waals surface area contributed by atoms with Crippen molar-refractivity contribution in [3.63, 3.8) is 0 Å². The fraction of sp³-hybridized carbons (Fsp3) is 0.200. The molecule has 4 rings (SSSR count). The van der Waals surface area contributed by atoms with Crippen LogP contribution in [0, 0.1) is 0 Å². The average molecular weight is 463 g/mol. The van der Waals surface area contributed by atoms with Gasteiger partial charge in [-0.25, -0.2) is 8.42 Å². The van der Waals surface area contributed by atoms with Gasteiger partial charge in [0.15, 0.2) is 0 Å². The van der Waals surface area contributed by atoms with E-state index in [1.165, 1.54) is 0 Å². The molecule has 0 radical (unpaired) electrons. The lowest BCUT2D eigenvalue weighted by Crippen LogP contribution is -2.26. The molecule has 1 unspecified atom stereocenters. The molecule has 1 heterocycles. The lowest BCUT2D eigenvalue weighted by atomic mass is 9.90. The van der Waals surface area contributed by atoms with Crippen LogP contribution in [0.15, 0.2) is 83.9 Å². The third-order valence-electron chi connectivity index (χ3n) is 5.33. The summed E-state index contributed by atoms with van der Waals surface area (Å²) in [6.07, 6.45) is 0. The Morgan fingerprint density at radius 3 is 2.33 bits per heavy atom. The topological polar surface area (TPSA) is 90.9 Å². The van der Waals surface area contributed by atoms with E-state index >= 15 is 0 Å². The molecule has 170 valence electrons. The van der Waals surface area contributed by atoms with Gasteiger partial charge in [0.2, 0.25) is 15.9 Å². The quantitative estimate of drug-likeness (QED) is 0.498. The molecule has 2 N–H and O–H groups in total. The second-order valence-corrected chi connectivity index (χ2v) is 9.99. The average Bonchev–Trinajstić information content (AvgIpc) is 3.13. The molecule has 8 heteroatoms. The molecule has 0 aliphatic carbocycles. The maximum absolute atomic E-state index is 12.9. The van der Waals surface area contributed by atoms with Gasteiger partial charge in [0, 0.05) is 17.9 Å². The van der Waals surface area contributed by atoms with Crippen molar-refractivity contribution >= 4 is 38.7 Å². The van der Waals surface area contributed by atoms with E-state index in [-0.39, 0.29) is 11.7 Å². The Morgan fingerprint density at radius 2 is 1.64 bits per heavy atom. The van der Waals surface area contributed by atoms with Crippen LogP contribution in [-0.2, 0) is 14.8 Å². The molecular formula is C25H26N4O3S. The summed E-state index contributed by atoms with van der Waals surface area (Å²) < 4.78 is 27.1. The zero-order valence-corrected chi connectivity index (χ0v) is 19.3. The fourth-order valence-electron chi connectivity index (χ4n) is 3.66. The van der Waals surface area contributed by atoms with Gasteiger partial charge in [-0.3, -0.25) is 14.5 Å². The van der Waals surface area contributed by atoms with E-state index in [1.54, 1.807) is 24.3 Å². The van der Waals surface area contributed by atoms with Crippen molar-refractivity contribution in [3.8, 4) is 0 Å². The van der Waals surface area contributed by atoms with Crippen LogP contribution in [0.25, 0.3) is 0 Å². The predicted octanol–water partition coefficient (Wildman–Crippen LogP) is 3.85. The van der Waals surface area contributed by atoms with Crippen LogP contribution in [0.1, 0.15) is 17.0 Å². The number of nitrogens with one attached hydrogen (secondary N) is 2. The van der Waals surface area contributed by atoms with Gasteiger partial charge in [-0.1, -0.05) is 48.5 Å². The highest BCUT2D eigenvalue weighted by molar-refractivity contribution is 7.92. The number of carbonyl (C=O) groups is 1. The molecular weight excluding hydrogens is 436 g/mol. The number of hydrogen-bond donors (Lipinski definition) is 2. The molecule has 1 atom stereocenters. The zero-order valence-electron chi connectivity index (χ0n) is 18.5. The Kier molecular flexibility index (Phi) is 6.57. The molecule has 0 fully saturated rings. The largest absolute Gasteiger partial charge is 0.325 e. The van der Waals surface area contributed by atoms with Gasteiger partial charge in [0.05, 0.1) is 17.2 Å². The van der Waals surface area contributed by atoms with Gasteiger partial charge in [-0.05, 0) is 55.6 Å². The first kappa shape index (κ1) is 22.7. The summed E-state index contributed by atoms with van der Waals surface area (Å²) in [5.41, 5.74) is 4.26. The van der Waals surface area contributed by atoms with Crippen LogP contribution in [0.3, 0.4) is 0 Å². The minimum Gasteiger partial charge on any atom is -0.325 e. The monoisotopic (exact) mass is 462 g/mol. The molecule has 0 saturated carbocycles. The maximum Gasteiger partial charge on any atom is 0.238 e. The van der Waals surface area contributed by atoms with Crippen molar-refractivity contribution in [2.24, 2.45) is 4.99 Å². The molecule has 1 amide bonds. The number of aliphatic imine (C=N–C) groups is 1. The standard InChI is InChI=1S/C25H26N4O3S/c1-29(2)16-17-33(31,32)28-20-14-12-19(13-15-20)26-24(18-8-4-3-5-9-18)23-21-10-6-7-11-22(21)27-25(23)30/h3-15,23,28H,16-17H2,1-2H3,(H,27,30). The van der Waals surface area contributed by atoms with Gasteiger partial charge in [-0.2, -0.15) is 0 Å². The van der Waals surface area contributed by atoms with E-state index in [0.717, 1.165) is 16.8 Å². The molecule has 0 bridgehead atoms. The van der Waals surface area contributed by atoms with Gasteiger partial charge >= 0.3 is 0 Å².